The molecule has 0 bridgehead atoms. The van der Waals surface area contributed by atoms with Crippen molar-refractivity contribution in [2.45, 2.75) is 44.4 Å². The highest BCUT2D eigenvalue weighted by Crippen LogP contribution is 2.64. The number of terminal acetylenes is 1. The molecule has 1 heterocycles. The summed E-state index contributed by atoms with van der Waals surface area (Å²) in [5.41, 5.74) is 5.65. The number of carboxylic acids is 1. The molecule has 0 saturated heterocycles. The van der Waals surface area contributed by atoms with Crippen LogP contribution in [0.2, 0.25) is 0 Å². The highest BCUT2D eigenvalue weighted by Gasteiger charge is 2.61. The van der Waals surface area contributed by atoms with Gasteiger partial charge in [0.2, 0.25) is 5.16 Å². The molecule has 0 amide bonds. The van der Waals surface area contributed by atoms with Gasteiger partial charge in [-0.3, -0.25) is 14.3 Å². The Morgan fingerprint density at radius 2 is 1.61 bits per heavy atom. The van der Waals surface area contributed by atoms with Gasteiger partial charge < -0.3 is 15.1 Å². The van der Waals surface area contributed by atoms with Crippen molar-refractivity contribution in [2.75, 3.05) is 0 Å². The van der Waals surface area contributed by atoms with Crippen LogP contribution >= 0.6 is 7.37 Å². The van der Waals surface area contributed by atoms with Crippen molar-refractivity contribution in [2.24, 2.45) is 0 Å². The first kappa shape index (κ1) is 29.9. The van der Waals surface area contributed by atoms with Crippen molar-refractivity contribution in [3.8, 4) is 34.5 Å². The van der Waals surface area contributed by atoms with Crippen LogP contribution in [0.5, 0.6) is 0 Å². The van der Waals surface area contributed by atoms with Gasteiger partial charge in [-0.1, -0.05) is 80.6 Å². The molecule has 0 fully saturated rings. The standard InChI is InChI=1S/C33H31FNO5P/c1-5-41(39,40)33(22(4)36,32(37)38)30-28(24-15-17-26(34)18-16-24)20-29(35-31(30)21(2)3)27-14-10-9-13-25(27)19-23-11-7-6-8-12-23/h1,6-18,20-22,36H,19H2,2-4H3,(H,37,38)(H,39,40). The molecule has 0 aliphatic heterocycles. The van der Waals surface area contributed by atoms with Gasteiger partial charge in [-0.05, 0) is 65.4 Å². The van der Waals surface area contributed by atoms with Gasteiger partial charge in [0.05, 0.1) is 11.8 Å². The number of halogens is 1. The van der Waals surface area contributed by atoms with E-state index >= 15 is 0 Å². The maximum absolute atomic E-state index is 14.0. The Kier molecular flexibility index (Phi) is 8.60. The van der Waals surface area contributed by atoms with Crippen molar-refractivity contribution in [3.05, 3.63) is 113 Å². The second-order valence-electron chi connectivity index (χ2n) is 10.2. The zero-order chi connectivity index (χ0) is 29.9. The number of hydrogen-bond acceptors (Lipinski definition) is 4. The Morgan fingerprint density at radius 1 is 1.00 bits per heavy atom. The topological polar surface area (TPSA) is 108 Å². The molecule has 6 nitrogen and oxygen atoms in total. The summed E-state index contributed by atoms with van der Waals surface area (Å²) in [7, 11) is -5.05. The highest BCUT2D eigenvalue weighted by atomic mass is 31.2. The molecule has 3 aromatic carbocycles. The van der Waals surface area contributed by atoms with E-state index in [1.54, 1.807) is 25.6 Å². The first-order valence-electron chi connectivity index (χ1n) is 13.1. The third-order valence-electron chi connectivity index (χ3n) is 7.25. The van der Waals surface area contributed by atoms with Crippen LogP contribution < -0.4 is 0 Å². The molecule has 0 spiro atoms. The molecular formula is C33H31FNO5P. The zero-order valence-corrected chi connectivity index (χ0v) is 23.8. The van der Waals surface area contributed by atoms with Gasteiger partial charge in [-0.25, -0.2) is 4.39 Å². The summed E-state index contributed by atoms with van der Waals surface area (Å²) in [4.78, 5) is 28.9. The van der Waals surface area contributed by atoms with Crippen LogP contribution in [0.15, 0.2) is 84.9 Å². The van der Waals surface area contributed by atoms with Crippen LogP contribution in [0.3, 0.4) is 0 Å². The molecule has 4 aromatic rings. The molecule has 0 radical (unpaired) electrons. The largest absolute Gasteiger partial charge is 0.480 e. The van der Waals surface area contributed by atoms with Crippen LogP contribution in [-0.2, 0) is 20.9 Å². The van der Waals surface area contributed by atoms with E-state index in [4.69, 9.17) is 11.4 Å². The van der Waals surface area contributed by atoms with E-state index < -0.39 is 36.3 Å². The normalized spacial score (nSPS) is 15.0. The third kappa shape index (κ3) is 5.47. The number of carbonyl (C=O) groups is 1. The number of carboxylic acid groups (broad SMARTS) is 1. The van der Waals surface area contributed by atoms with Gasteiger partial charge in [0.25, 0.3) is 7.37 Å². The highest BCUT2D eigenvalue weighted by molar-refractivity contribution is 7.65. The van der Waals surface area contributed by atoms with Crippen molar-refractivity contribution < 1.29 is 28.9 Å². The van der Waals surface area contributed by atoms with Crippen LogP contribution in [0, 0.1) is 17.9 Å². The number of hydrogen-bond donors (Lipinski definition) is 3. The van der Waals surface area contributed by atoms with E-state index in [9.17, 15) is 28.9 Å². The van der Waals surface area contributed by atoms with Crippen molar-refractivity contribution >= 4 is 13.3 Å². The van der Waals surface area contributed by atoms with Crippen molar-refractivity contribution in [1.82, 2.24) is 4.98 Å². The average molecular weight is 572 g/mol. The fourth-order valence-electron chi connectivity index (χ4n) is 5.25. The Balaban J connectivity index is 2.15. The Hall–Kier alpha value is -4.08. The minimum atomic E-state index is -5.05. The Labute approximate surface area is 239 Å². The summed E-state index contributed by atoms with van der Waals surface area (Å²) in [6.07, 6.45) is 4.16. The quantitative estimate of drug-likeness (QED) is 0.151. The van der Waals surface area contributed by atoms with Crippen molar-refractivity contribution in [1.29, 1.82) is 0 Å². The number of nitrogens with zero attached hydrogens (tertiary/aromatic N) is 1. The summed E-state index contributed by atoms with van der Waals surface area (Å²) < 4.78 is 27.6. The van der Waals surface area contributed by atoms with Gasteiger partial charge in [0.1, 0.15) is 5.82 Å². The molecule has 0 saturated carbocycles. The first-order valence-corrected chi connectivity index (χ1v) is 14.8. The lowest BCUT2D eigenvalue weighted by Crippen LogP contribution is -2.46. The SMILES string of the molecule is C#CP(=O)(O)C(C(=O)O)(c1c(-c2ccc(F)cc2)cc(-c2ccccc2Cc2ccccc2)nc1C(C)C)C(C)O. The maximum Gasteiger partial charge on any atom is 0.327 e. The van der Waals surface area contributed by atoms with Gasteiger partial charge >= 0.3 is 5.97 Å². The van der Waals surface area contributed by atoms with E-state index in [1.165, 1.54) is 24.3 Å². The molecule has 3 atom stereocenters. The van der Waals surface area contributed by atoms with E-state index in [2.05, 4.69) is 0 Å². The Bertz CT molecular complexity index is 1660. The first-order chi connectivity index (χ1) is 19.4. The second kappa shape index (κ2) is 11.8. The molecule has 1 aromatic heterocycles. The lowest BCUT2D eigenvalue weighted by Gasteiger charge is -2.37. The molecule has 8 heteroatoms. The number of benzene rings is 3. The van der Waals surface area contributed by atoms with E-state index in [0.717, 1.165) is 23.6 Å². The number of pyridine rings is 1. The van der Waals surface area contributed by atoms with Crippen LogP contribution in [0.4, 0.5) is 4.39 Å². The second-order valence-corrected chi connectivity index (χ2v) is 12.4. The lowest BCUT2D eigenvalue weighted by atomic mass is 9.82. The molecule has 41 heavy (non-hydrogen) atoms. The predicted molar refractivity (Wildman–Crippen MR) is 158 cm³/mol. The van der Waals surface area contributed by atoms with Crippen molar-refractivity contribution in [3.63, 3.8) is 0 Å². The fourth-order valence-corrected chi connectivity index (χ4v) is 6.76. The molecule has 3 unspecified atom stereocenters. The van der Waals surface area contributed by atoms with E-state index in [1.807, 2.05) is 54.6 Å². The molecule has 0 aliphatic carbocycles. The molecular weight excluding hydrogens is 540 g/mol. The maximum atomic E-state index is 14.0. The zero-order valence-electron chi connectivity index (χ0n) is 23.0. The Morgan fingerprint density at radius 3 is 2.17 bits per heavy atom. The minimum Gasteiger partial charge on any atom is -0.480 e. The van der Waals surface area contributed by atoms with Gasteiger partial charge in [0.15, 0.2) is 0 Å². The summed E-state index contributed by atoms with van der Waals surface area (Å²) in [5, 5.41) is 18.7. The van der Waals surface area contributed by atoms with Gasteiger partial charge in [-0.15, -0.1) is 6.42 Å². The van der Waals surface area contributed by atoms with Crippen LogP contribution in [-0.4, -0.2) is 32.2 Å². The number of aliphatic hydroxyl groups is 1. The number of aromatic nitrogens is 1. The minimum absolute atomic E-state index is 0.172. The molecule has 210 valence electrons. The fraction of sp³-hybridized carbons (Fsp3) is 0.212. The summed E-state index contributed by atoms with van der Waals surface area (Å²) in [6, 6.07) is 24.5. The van der Waals surface area contributed by atoms with Gasteiger partial charge in [-0.2, -0.15) is 0 Å². The van der Waals surface area contributed by atoms with E-state index in [-0.39, 0.29) is 16.8 Å². The lowest BCUT2D eigenvalue weighted by molar-refractivity contribution is -0.143. The molecule has 0 aliphatic rings. The van der Waals surface area contributed by atoms with Gasteiger partial charge in [0, 0.05) is 16.8 Å². The smallest absolute Gasteiger partial charge is 0.327 e. The summed E-state index contributed by atoms with van der Waals surface area (Å²) in [6.45, 7) is 4.66. The molecule has 4 rings (SSSR count). The third-order valence-corrected chi connectivity index (χ3v) is 9.34. The molecule has 3 N–H and O–H groups in total. The summed E-state index contributed by atoms with van der Waals surface area (Å²) >= 11 is 0. The summed E-state index contributed by atoms with van der Waals surface area (Å²) in [5.74, 6) is -2.74. The average Bonchev–Trinajstić information content (AvgIpc) is 2.94. The number of aliphatic carboxylic acids is 1. The van der Waals surface area contributed by atoms with Crippen LogP contribution in [0.25, 0.3) is 22.4 Å². The van der Waals surface area contributed by atoms with Crippen LogP contribution in [0.1, 0.15) is 49.1 Å². The number of aliphatic hydroxyl groups excluding tert-OH is 1. The van der Waals surface area contributed by atoms with E-state index in [0.29, 0.717) is 17.7 Å². The monoisotopic (exact) mass is 571 g/mol. The number of rotatable bonds is 9. The predicted octanol–water partition coefficient (Wildman–Crippen LogP) is 6.79.